The monoisotopic (exact) mass is 267 g/mol. The Morgan fingerprint density at radius 3 is 2.82 bits per heavy atom. The molecule has 0 radical (unpaired) electrons. The van der Waals surface area contributed by atoms with Crippen LogP contribution in [-0.4, -0.2) is 17.1 Å². The van der Waals surface area contributed by atoms with E-state index in [1.165, 1.54) is 18.9 Å². The van der Waals surface area contributed by atoms with Crippen LogP contribution in [0, 0.1) is 0 Å². The molecule has 0 saturated carbocycles. The molecule has 2 N–H and O–H groups in total. The lowest BCUT2D eigenvalue weighted by Crippen LogP contribution is -1.98. The van der Waals surface area contributed by atoms with Crippen molar-refractivity contribution in [1.82, 2.24) is 9.97 Å². The van der Waals surface area contributed by atoms with Gasteiger partial charge in [-0.25, -0.2) is 4.98 Å². The number of halogens is 1. The first-order chi connectivity index (χ1) is 8.17. The fourth-order valence-electron chi connectivity index (χ4n) is 1.23. The summed E-state index contributed by atoms with van der Waals surface area (Å²) in [7, 11) is 1.54. The summed E-state index contributed by atoms with van der Waals surface area (Å²) in [6.07, 6.45) is 0. The van der Waals surface area contributed by atoms with Gasteiger partial charge >= 0.3 is 0 Å². The highest BCUT2D eigenvalue weighted by molar-refractivity contribution is 7.99. The molecule has 0 aliphatic carbocycles. The number of rotatable bonds is 3. The van der Waals surface area contributed by atoms with E-state index in [1.54, 1.807) is 6.07 Å². The number of benzene rings is 1. The molecule has 2 rings (SSSR count). The van der Waals surface area contributed by atoms with E-state index in [2.05, 4.69) is 9.97 Å². The molecule has 0 fully saturated rings. The van der Waals surface area contributed by atoms with Crippen molar-refractivity contribution in [2.45, 2.75) is 9.92 Å². The molecule has 2 aromatic rings. The van der Waals surface area contributed by atoms with Crippen LogP contribution in [0.3, 0.4) is 0 Å². The van der Waals surface area contributed by atoms with Crippen molar-refractivity contribution >= 4 is 29.3 Å². The minimum absolute atomic E-state index is 0.189. The topological polar surface area (TPSA) is 61.0 Å². The lowest BCUT2D eigenvalue weighted by molar-refractivity contribution is 0.396. The number of nitrogen functional groups attached to an aromatic ring is 1. The van der Waals surface area contributed by atoms with Gasteiger partial charge in [-0.1, -0.05) is 29.4 Å². The van der Waals surface area contributed by atoms with E-state index in [1.807, 2.05) is 24.3 Å². The number of aromatic nitrogens is 2. The second-order valence-corrected chi connectivity index (χ2v) is 4.70. The normalized spacial score (nSPS) is 10.2. The van der Waals surface area contributed by atoms with Gasteiger partial charge in [0.2, 0.25) is 11.8 Å². The van der Waals surface area contributed by atoms with E-state index in [-0.39, 0.29) is 5.95 Å². The van der Waals surface area contributed by atoms with E-state index in [9.17, 15) is 0 Å². The Kier molecular flexibility index (Phi) is 3.71. The third-order valence-electron chi connectivity index (χ3n) is 1.92. The predicted molar refractivity (Wildman–Crippen MR) is 68.6 cm³/mol. The second kappa shape index (κ2) is 5.25. The Morgan fingerprint density at radius 2 is 2.12 bits per heavy atom. The molecule has 1 aromatic heterocycles. The molecule has 0 saturated heterocycles. The first-order valence-electron chi connectivity index (χ1n) is 4.79. The van der Waals surface area contributed by atoms with Gasteiger partial charge in [0.15, 0.2) is 0 Å². The summed E-state index contributed by atoms with van der Waals surface area (Å²) in [5, 5.41) is 1.40. The van der Waals surface area contributed by atoms with Crippen LogP contribution >= 0.6 is 23.4 Å². The quantitative estimate of drug-likeness (QED) is 0.867. The molecule has 1 heterocycles. The summed E-state index contributed by atoms with van der Waals surface area (Å²) in [6.45, 7) is 0. The maximum atomic E-state index is 5.91. The Bertz CT molecular complexity index is 536. The molecular formula is C11H10ClN3OS. The fourth-order valence-corrected chi connectivity index (χ4v) is 2.36. The SMILES string of the molecule is COc1cc(Sc2cccc(Cl)c2)nc(N)n1. The van der Waals surface area contributed by atoms with Gasteiger partial charge in [0.05, 0.1) is 7.11 Å². The Labute approximate surface area is 108 Å². The lowest BCUT2D eigenvalue weighted by Gasteiger charge is -2.04. The Morgan fingerprint density at radius 1 is 1.29 bits per heavy atom. The van der Waals surface area contributed by atoms with Crippen LogP contribution in [0.15, 0.2) is 40.3 Å². The van der Waals surface area contributed by atoms with Crippen LogP contribution in [0.5, 0.6) is 5.88 Å². The van der Waals surface area contributed by atoms with Crippen LogP contribution in [0.25, 0.3) is 0 Å². The van der Waals surface area contributed by atoms with Gasteiger partial charge in [-0.3, -0.25) is 0 Å². The molecule has 88 valence electrons. The van der Waals surface area contributed by atoms with Crippen molar-refractivity contribution in [3.63, 3.8) is 0 Å². The largest absolute Gasteiger partial charge is 0.481 e. The molecule has 1 aromatic carbocycles. The van der Waals surface area contributed by atoms with Gasteiger partial charge in [0.25, 0.3) is 0 Å². The highest BCUT2D eigenvalue weighted by Crippen LogP contribution is 2.29. The third-order valence-corrected chi connectivity index (χ3v) is 3.07. The number of nitrogens with two attached hydrogens (primary N) is 1. The highest BCUT2D eigenvalue weighted by Gasteiger charge is 2.04. The molecular weight excluding hydrogens is 258 g/mol. The summed E-state index contributed by atoms with van der Waals surface area (Å²) in [4.78, 5) is 9.01. The van der Waals surface area contributed by atoms with Crippen LogP contribution < -0.4 is 10.5 Å². The van der Waals surface area contributed by atoms with Crippen molar-refractivity contribution in [2.75, 3.05) is 12.8 Å². The first kappa shape index (κ1) is 12.0. The zero-order valence-electron chi connectivity index (χ0n) is 9.05. The Balaban J connectivity index is 2.26. The summed E-state index contributed by atoms with van der Waals surface area (Å²) in [6, 6.07) is 9.23. The molecule has 0 aliphatic rings. The molecule has 0 spiro atoms. The summed E-state index contributed by atoms with van der Waals surface area (Å²) in [5.74, 6) is 0.635. The van der Waals surface area contributed by atoms with Crippen molar-refractivity contribution < 1.29 is 4.74 Å². The molecule has 0 atom stereocenters. The minimum atomic E-state index is 0.189. The summed E-state index contributed by atoms with van der Waals surface area (Å²) in [5.41, 5.74) is 5.58. The molecule has 4 nitrogen and oxygen atoms in total. The Hall–Kier alpha value is -1.46. The standard InChI is InChI=1S/C11H10ClN3OS/c1-16-9-6-10(15-11(13)14-9)17-8-4-2-3-7(12)5-8/h2-6H,1H3,(H2,13,14,15). The first-order valence-corrected chi connectivity index (χ1v) is 5.99. The van der Waals surface area contributed by atoms with Crippen molar-refractivity contribution in [1.29, 1.82) is 0 Å². The van der Waals surface area contributed by atoms with Gasteiger partial charge in [0.1, 0.15) is 5.03 Å². The van der Waals surface area contributed by atoms with Gasteiger partial charge in [-0.15, -0.1) is 0 Å². The number of hydrogen-bond donors (Lipinski definition) is 1. The van der Waals surface area contributed by atoms with Crippen LogP contribution in [-0.2, 0) is 0 Å². The van der Waals surface area contributed by atoms with E-state index in [0.717, 1.165) is 9.92 Å². The smallest absolute Gasteiger partial charge is 0.224 e. The third kappa shape index (κ3) is 3.25. The second-order valence-electron chi connectivity index (χ2n) is 3.17. The summed E-state index contributed by atoms with van der Waals surface area (Å²) >= 11 is 7.36. The number of nitrogens with zero attached hydrogens (tertiary/aromatic N) is 2. The van der Waals surface area contributed by atoms with Crippen LogP contribution in [0.4, 0.5) is 5.95 Å². The number of hydrogen-bond acceptors (Lipinski definition) is 5. The molecule has 0 bridgehead atoms. The molecule has 6 heteroatoms. The maximum Gasteiger partial charge on any atom is 0.224 e. The molecule has 17 heavy (non-hydrogen) atoms. The van der Waals surface area contributed by atoms with Crippen LogP contribution in [0.1, 0.15) is 0 Å². The number of anilines is 1. The molecule has 0 amide bonds. The highest BCUT2D eigenvalue weighted by atomic mass is 35.5. The number of ether oxygens (including phenoxy) is 1. The van der Waals surface area contributed by atoms with Crippen molar-refractivity contribution in [3.05, 3.63) is 35.4 Å². The van der Waals surface area contributed by atoms with Gasteiger partial charge < -0.3 is 10.5 Å². The number of methoxy groups -OCH3 is 1. The van der Waals surface area contributed by atoms with E-state index < -0.39 is 0 Å². The predicted octanol–water partition coefficient (Wildman–Crippen LogP) is 2.87. The van der Waals surface area contributed by atoms with Gasteiger partial charge in [-0.2, -0.15) is 4.98 Å². The lowest BCUT2D eigenvalue weighted by atomic mass is 10.4. The van der Waals surface area contributed by atoms with E-state index in [4.69, 9.17) is 22.1 Å². The molecule has 0 aliphatic heterocycles. The average molecular weight is 268 g/mol. The fraction of sp³-hybridized carbons (Fsp3) is 0.0909. The zero-order valence-corrected chi connectivity index (χ0v) is 10.6. The molecule has 0 unspecified atom stereocenters. The van der Waals surface area contributed by atoms with Gasteiger partial charge in [-0.05, 0) is 18.2 Å². The van der Waals surface area contributed by atoms with Gasteiger partial charge in [0, 0.05) is 16.0 Å². The van der Waals surface area contributed by atoms with Crippen molar-refractivity contribution in [3.8, 4) is 5.88 Å². The van der Waals surface area contributed by atoms with Crippen molar-refractivity contribution in [2.24, 2.45) is 0 Å². The minimum Gasteiger partial charge on any atom is -0.481 e. The van der Waals surface area contributed by atoms with E-state index in [0.29, 0.717) is 10.9 Å². The average Bonchev–Trinajstić information content (AvgIpc) is 2.28. The van der Waals surface area contributed by atoms with Crippen LogP contribution in [0.2, 0.25) is 5.02 Å². The maximum absolute atomic E-state index is 5.91. The van der Waals surface area contributed by atoms with E-state index >= 15 is 0 Å². The summed E-state index contributed by atoms with van der Waals surface area (Å²) < 4.78 is 5.03. The zero-order chi connectivity index (χ0) is 12.3.